The van der Waals surface area contributed by atoms with Crippen LogP contribution in [0, 0.1) is 5.92 Å². The third-order valence-corrected chi connectivity index (χ3v) is 4.69. The molecule has 0 amide bonds. The number of carbonyl (C=O) groups is 1. The van der Waals surface area contributed by atoms with E-state index in [9.17, 15) is 13.2 Å². The van der Waals surface area contributed by atoms with Crippen LogP contribution in [0.1, 0.15) is 6.42 Å². The Morgan fingerprint density at radius 2 is 1.86 bits per heavy atom. The van der Waals surface area contributed by atoms with Crippen molar-refractivity contribution in [3.05, 3.63) is 30.3 Å². The zero-order chi connectivity index (χ0) is 10.2. The first kappa shape index (κ1) is 9.40. The highest BCUT2D eigenvalue weighted by Crippen LogP contribution is 2.38. The molecule has 14 heavy (non-hydrogen) atoms. The Bertz CT molecular complexity index is 436. The highest BCUT2D eigenvalue weighted by Gasteiger charge is 2.47. The Hall–Kier alpha value is -1.16. The monoisotopic (exact) mass is 210 g/mol. The molecule has 0 spiro atoms. The van der Waals surface area contributed by atoms with E-state index in [1.54, 1.807) is 30.3 Å². The smallest absolute Gasteiger partial charge is 0.181 e. The minimum atomic E-state index is -3.26. The number of benzene rings is 1. The molecule has 0 aromatic heterocycles. The molecule has 2 atom stereocenters. The van der Waals surface area contributed by atoms with Crippen LogP contribution in [0.5, 0.6) is 0 Å². The minimum absolute atomic E-state index is 0.291. The van der Waals surface area contributed by atoms with E-state index in [2.05, 4.69) is 0 Å². The first-order valence-corrected chi connectivity index (χ1v) is 5.95. The van der Waals surface area contributed by atoms with Gasteiger partial charge in [0.05, 0.1) is 10.1 Å². The number of hydrogen-bond acceptors (Lipinski definition) is 3. The van der Waals surface area contributed by atoms with Crippen molar-refractivity contribution in [3.8, 4) is 0 Å². The number of rotatable bonds is 3. The summed E-state index contributed by atoms with van der Waals surface area (Å²) in [6, 6.07) is 8.27. The predicted molar refractivity (Wildman–Crippen MR) is 51.6 cm³/mol. The Labute approximate surface area is 82.7 Å². The summed E-state index contributed by atoms with van der Waals surface area (Å²) in [5.74, 6) is -0.291. The summed E-state index contributed by atoms with van der Waals surface area (Å²) in [4.78, 5) is 10.7. The lowest BCUT2D eigenvalue weighted by atomic mass is 10.4. The number of sulfone groups is 1. The van der Waals surface area contributed by atoms with Crippen LogP contribution in [0.2, 0.25) is 0 Å². The van der Waals surface area contributed by atoms with Gasteiger partial charge in [0.25, 0.3) is 0 Å². The van der Waals surface area contributed by atoms with Gasteiger partial charge in [-0.1, -0.05) is 18.2 Å². The van der Waals surface area contributed by atoms with Crippen molar-refractivity contribution in [1.29, 1.82) is 0 Å². The van der Waals surface area contributed by atoms with Gasteiger partial charge >= 0.3 is 0 Å². The van der Waals surface area contributed by atoms with Gasteiger partial charge < -0.3 is 4.79 Å². The van der Waals surface area contributed by atoms with Crippen LogP contribution in [-0.4, -0.2) is 20.0 Å². The highest BCUT2D eigenvalue weighted by molar-refractivity contribution is 7.92. The summed E-state index contributed by atoms with van der Waals surface area (Å²) >= 11 is 0. The van der Waals surface area contributed by atoms with Crippen LogP contribution in [-0.2, 0) is 14.6 Å². The third kappa shape index (κ3) is 1.46. The summed E-state index contributed by atoms with van der Waals surface area (Å²) < 4.78 is 23.6. The molecule has 0 bridgehead atoms. The molecule has 1 fully saturated rings. The fraction of sp³-hybridized carbons (Fsp3) is 0.300. The molecule has 0 N–H and O–H groups in total. The number of aldehydes is 1. The molecule has 0 saturated heterocycles. The zero-order valence-corrected chi connectivity index (χ0v) is 8.28. The highest BCUT2D eigenvalue weighted by atomic mass is 32.2. The van der Waals surface area contributed by atoms with Crippen molar-refractivity contribution < 1.29 is 13.2 Å². The molecular formula is C10H10O3S. The van der Waals surface area contributed by atoms with E-state index in [1.807, 2.05) is 0 Å². The van der Waals surface area contributed by atoms with Gasteiger partial charge in [-0.3, -0.25) is 0 Å². The van der Waals surface area contributed by atoms with E-state index < -0.39 is 15.1 Å². The first-order chi connectivity index (χ1) is 6.66. The van der Waals surface area contributed by atoms with E-state index in [-0.39, 0.29) is 5.92 Å². The first-order valence-electron chi connectivity index (χ1n) is 4.40. The molecule has 1 aliphatic carbocycles. The molecule has 4 heteroatoms. The van der Waals surface area contributed by atoms with Crippen molar-refractivity contribution in [2.75, 3.05) is 0 Å². The van der Waals surface area contributed by atoms with Gasteiger partial charge in [-0.2, -0.15) is 0 Å². The summed E-state index contributed by atoms with van der Waals surface area (Å²) in [6.45, 7) is 0. The van der Waals surface area contributed by atoms with E-state index in [1.165, 1.54) is 0 Å². The average Bonchev–Trinajstić information content (AvgIpc) is 2.98. The van der Waals surface area contributed by atoms with Crippen LogP contribution < -0.4 is 0 Å². The molecule has 2 rings (SSSR count). The Morgan fingerprint density at radius 1 is 1.21 bits per heavy atom. The van der Waals surface area contributed by atoms with Crippen molar-refractivity contribution in [2.24, 2.45) is 5.92 Å². The lowest BCUT2D eigenvalue weighted by molar-refractivity contribution is -0.108. The second-order valence-electron chi connectivity index (χ2n) is 3.43. The molecule has 1 aliphatic rings. The number of carbonyl (C=O) groups excluding carboxylic acids is 1. The second-order valence-corrected chi connectivity index (χ2v) is 5.60. The van der Waals surface area contributed by atoms with Gasteiger partial charge in [0.2, 0.25) is 0 Å². The summed E-state index contributed by atoms with van der Waals surface area (Å²) in [7, 11) is -3.26. The fourth-order valence-corrected chi connectivity index (χ4v) is 3.36. The Kier molecular flexibility index (Phi) is 2.15. The van der Waals surface area contributed by atoms with Crippen LogP contribution in [0.15, 0.2) is 35.2 Å². The minimum Gasteiger partial charge on any atom is -0.303 e. The van der Waals surface area contributed by atoms with Crippen LogP contribution in [0.4, 0.5) is 0 Å². The molecule has 1 aromatic carbocycles. The summed E-state index contributed by atoms with van der Waals surface area (Å²) in [6.07, 6.45) is 1.20. The van der Waals surface area contributed by atoms with Crippen molar-refractivity contribution in [1.82, 2.24) is 0 Å². The van der Waals surface area contributed by atoms with E-state index >= 15 is 0 Å². The molecule has 74 valence electrons. The van der Waals surface area contributed by atoms with Gasteiger partial charge in [-0.05, 0) is 18.6 Å². The van der Waals surface area contributed by atoms with Crippen molar-refractivity contribution in [2.45, 2.75) is 16.6 Å². The van der Waals surface area contributed by atoms with E-state index in [4.69, 9.17) is 0 Å². The SMILES string of the molecule is O=CC1CC1S(=O)(=O)c1ccccc1. The molecule has 1 saturated carbocycles. The van der Waals surface area contributed by atoms with Crippen molar-refractivity contribution >= 4 is 16.1 Å². The summed E-state index contributed by atoms with van der Waals surface area (Å²) in [5, 5.41) is -0.484. The van der Waals surface area contributed by atoms with Gasteiger partial charge in [0, 0.05) is 5.92 Å². The molecule has 2 unspecified atom stereocenters. The van der Waals surface area contributed by atoms with Gasteiger partial charge in [-0.15, -0.1) is 0 Å². The van der Waals surface area contributed by atoms with Crippen molar-refractivity contribution in [3.63, 3.8) is 0 Å². The lowest BCUT2D eigenvalue weighted by Crippen LogP contribution is -2.09. The summed E-state index contributed by atoms with van der Waals surface area (Å²) in [5.41, 5.74) is 0. The molecule has 0 radical (unpaired) electrons. The Balaban J connectivity index is 2.31. The van der Waals surface area contributed by atoms with Crippen LogP contribution in [0.3, 0.4) is 0 Å². The fourth-order valence-electron chi connectivity index (χ4n) is 1.47. The average molecular weight is 210 g/mol. The maximum Gasteiger partial charge on any atom is 0.181 e. The zero-order valence-electron chi connectivity index (χ0n) is 7.46. The lowest BCUT2D eigenvalue weighted by Gasteiger charge is -2.00. The van der Waals surface area contributed by atoms with Gasteiger partial charge in [0.1, 0.15) is 6.29 Å². The van der Waals surface area contributed by atoms with Gasteiger partial charge in [0.15, 0.2) is 9.84 Å². The van der Waals surface area contributed by atoms with Gasteiger partial charge in [-0.25, -0.2) is 8.42 Å². The molecule has 1 aromatic rings. The normalized spacial score (nSPS) is 25.7. The van der Waals surface area contributed by atoms with Crippen LogP contribution >= 0.6 is 0 Å². The van der Waals surface area contributed by atoms with E-state index in [0.717, 1.165) is 6.29 Å². The molecule has 0 heterocycles. The maximum atomic E-state index is 11.8. The quantitative estimate of drug-likeness (QED) is 0.701. The number of hydrogen-bond donors (Lipinski definition) is 0. The largest absolute Gasteiger partial charge is 0.303 e. The predicted octanol–water partition coefficient (Wildman–Crippen LogP) is 1.05. The molecule has 0 aliphatic heterocycles. The topological polar surface area (TPSA) is 51.2 Å². The standard InChI is InChI=1S/C10H10O3S/c11-7-8-6-10(8)14(12,13)9-4-2-1-3-5-9/h1-5,7-8,10H,6H2. The molecule has 3 nitrogen and oxygen atoms in total. The third-order valence-electron chi connectivity index (χ3n) is 2.42. The van der Waals surface area contributed by atoms with E-state index in [0.29, 0.717) is 11.3 Å². The second kappa shape index (κ2) is 3.20. The maximum absolute atomic E-state index is 11.8. The van der Waals surface area contributed by atoms with Crippen LogP contribution in [0.25, 0.3) is 0 Å². The molecular weight excluding hydrogens is 200 g/mol. The Morgan fingerprint density at radius 3 is 2.36 bits per heavy atom.